The standard InChI is InChI=1S/C13H10BrF2N/c14-10-4-2-5-11(7-10)17-8-9-3-1-6-12(15)13(9)16/h1-7,17H,8H2. The van der Waals surface area contributed by atoms with Crippen molar-refractivity contribution < 1.29 is 8.78 Å². The van der Waals surface area contributed by atoms with Gasteiger partial charge < -0.3 is 5.32 Å². The van der Waals surface area contributed by atoms with Crippen LogP contribution in [0, 0.1) is 11.6 Å². The van der Waals surface area contributed by atoms with Crippen LogP contribution in [-0.4, -0.2) is 0 Å². The molecule has 0 unspecified atom stereocenters. The minimum absolute atomic E-state index is 0.250. The van der Waals surface area contributed by atoms with Crippen molar-refractivity contribution in [3.8, 4) is 0 Å². The van der Waals surface area contributed by atoms with Crippen LogP contribution in [0.15, 0.2) is 46.9 Å². The molecule has 0 spiro atoms. The molecule has 0 bridgehead atoms. The van der Waals surface area contributed by atoms with Crippen LogP contribution >= 0.6 is 15.9 Å². The van der Waals surface area contributed by atoms with Gasteiger partial charge in [0.2, 0.25) is 0 Å². The number of nitrogens with one attached hydrogen (secondary N) is 1. The quantitative estimate of drug-likeness (QED) is 0.889. The number of hydrogen-bond acceptors (Lipinski definition) is 1. The van der Waals surface area contributed by atoms with E-state index in [1.807, 2.05) is 24.3 Å². The summed E-state index contributed by atoms with van der Waals surface area (Å²) in [6, 6.07) is 11.7. The average molecular weight is 298 g/mol. The summed E-state index contributed by atoms with van der Waals surface area (Å²) in [6.07, 6.45) is 0. The van der Waals surface area contributed by atoms with Gasteiger partial charge in [0.1, 0.15) is 0 Å². The number of halogens is 3. The van der Waals surface area contributed by atoms with Crippen molar-refractivity contribution in [1.82, 2.24) is 0 Å². The van der Waals surface area contributed by atoms with Gasteiger partial charge in [0.05, 0.1) is 0 Å². The van der Waals surface area contributed by atoms with Crippen LogP contribution in [0.5, 0.6) is 0 Å². The van der Waals surface area contributed by atoms with Crippen LogP contribution in [0.3, 0.4) is 0 Å². The van der Waals surface area contributed by atoms with E-state index in [4.69, 9.17) is 0 Å². The van der Waals surface area contributed by atoms with E-state index in [0.29, 0.717) is 5.56 Å². The third-order valence-electron chi connectivity index (χ3n) is 2.34. The van der Waals surface area contributed by atoms with Gasteiger partial charge >= 0.3 is 0 Å². The van der Waals surface area contributed by atoms with Gasteiger partial charge in [0.15, 0.2) is 11.6 Å². The molecule has 0 amide bonds. The molecule has 0 fully saturated rings. The molecule has 0 aliphatic carbocycles. The fourth-order valence-corrected chi connectivity index (χ4v) is 1.88. The number of benzene rings is 2. The summed E-state index contributed by atoms with van der Waals surface area (Å²) < 4.78 is 27.3. The van der Waals surface area contributed by atoms with E-state index in [1.165, 1.54) is 6.07 Å². The van der Waals surface area contributed by atoms with Gasteiger partial charge in [-0.1, -0.05) is 34.1 Å². The highest BCUT2D eigenvalue weighted by Gasteiger charge is 2.06. The molecule has 0 saturated carbocycles. The van der Waals surface area contributed by atoms with Crippen molar-refractivity contribution in [3.63, 3.8) is 0 Å². The third kappa shape index (κ3) is 3.03. The second-order valence-electron chi connectivity index (χ2n) is 3.58. The summed E-state index contributed by atoms with van der Waals surface area (Å²) >= 11 is 3.34. The van der Waals surface area contributed by atoms with Crippen LogP contribution in [-0.2, 0) is 6.54 Å². The highest BCUT2D eigenvalue weighted by molar-refractivity contribution is 9.10. The minimum atomic E-state index is -0.821. The summed E-state index contributed by atoms with van der Waals surface area (Å²) in [4.78, 5) is 0. The Bertz CT molecular complexity index is 529. The molecule has 2 rings (SSSR count). The zero-order chi connectivity index (χ0) is 12.3. The number of hydrogen-bond donors (Lipinski definition) is 1. The molecule has 0 saturated heterocycles. The molecule has 0 atom stereocenters. The Morgan fingerprint density at radius 3 is 2.59 bits per heavy atom. The zero-order valence-corrected chi connectivity index (χ0v) is 10.5. The lowest BCUT2D eigenvalue weighted by molar-refractivity contribution is 0.500. The molecule has 1 N–H and O–H groups in total. The van der Waals surface area contributed by atoms with Crippen LogP contribution in [0.1, 0.15) is 5.56 Å². The Morgan fingerprint density at radius 2 is 1.82 bits per heavy atom. The molecule has 2 aromatic rings. The normalized spacial score (nSPS) is 10.3. The van der Waals surface area contributed by atoms with E-state index < -0.39 is 11.6 Å². The van der Waals surface area contributed by atoms with E-state index in [0.717, 1.165) is 16.2 Å². The number of anilines is 1. The van der Waals surface area contributed by atoms with Gasteiger partial charge in [-0.3, -0.25) is 0 Å². The first-order chi connectivity index (χ1) is 8.16. The van der Waals surface area contributed by atoms with Crippen molar-refractivity contribution in [3.05, 3.63) is 64.1 Å². The summed E-state index contributed by atoms with van der Waals surface area (Å²) in [7, 11) is 0. The van der Waals surface area contributed by atoms with E-state index in [2.05, 4.69) is 21.2 Å². The molecule has 2 aromatic carbocycles. The van der Waals surface area contributed by atoms with Gasteiger partial charge in [-0.25, -0.2) is 8.78 Å². The monoisotopic (exact) mass is 297 g/mol. The second-order valence-corrected chi connectivity index (χ2v) is 4.49. The first-order valence-electron chi connectivity index (χ1n) is 5.09. The average Bonchev–Trinajstić information content (AvgIpc) is 2.31. The maximum absolute atomic E-state index is 13.4. The van der Waals surface area contributed by atoms with Crippen LogP contribution in [0.2, 0.25) is 0 Å². The molecular weight excluding hydrogens is 288 g/mol. The van der Waals surface area contributed by atoms with Gasteiger partial charge in [0, 0.05) is 22.3 Å². The molecule has 0 aliphatic heterocycles. The summed E-state index contributed by atoms with van der Waals surface area (Å²) in [5, 5.41) is 3.03. The highest BCUT2D eigenvalue weighted by atomic mass is 79.9. The molecule has 88 valence electrons. The Hall–Kier alpha value is -1.42. The predicted molar refractivity (Wildman–Crippen MR) is 67.8 cm³/mol. The summed E-state index contributed by atoms with van der Waals surface area (Å²) in [6.45, 7) is 0.250. The second kappa shape index (κ2) is 5.27. The fraction of sp³-hybridized carbons (Fsp3) is 0.0769. The minimum Gasteiger partial charge on any atom is -0.381 e. The van der Waals surface area contributed by atoms with Crippen LogP contribution < -0.4 is 5.32 Å². The Morgan fingerprint density at radius 1 is 1.06 bits per heavy atom. The molecule has 0 aromatic heterocycles. The SMILES string of the molecule is Fc1cccc(CNc2cccc(Br)c2)c1F. The first-order valence-corrected chi connectivity index (χ1v) is 5.88. The first kappa shape index (κ1) is 12.0. The Labute approximate surface area is 107 Å². The smallest absolute Gasteiger partial charge is 0.163 e. The Kier molecular flexibility index (Phi) is 3.74. The lowest BCUT2D eigenvalue weighted by Gasteiger charge is -2.08. The lowest BCUT2D eigenvalue weighted by atomic mass is 10.2. The topological polar surface area (TPSA) is 12.0 Å². The predicted octanol–water partition coefficient (Wildman–Crippen LogP) is 4.34. The zero-order valence-electron chi connectivity index (χ0n) is 8.88. The van der Waals surface area contributed by atoms with E-state index >= 15 is 0 Å². The van der Waals surface area contributed by atoms with Crippen molar-refractivity contribution >= 4 is 21.6 Å². The summed E-state index contributed by atoms with van der Waals surface area (Å²) in [5.41, 5.74) is 1.16. The Balaban J connectivity index is 2.10. The van der Waals surface area contributed by atoms with Gasteiger partial charge in [-0.2, -0.15) is 0 Å². The lowest BCUT2D eigenvalue weighted by Crippen LogP contribution is -2.03. The molecule has 17 heavy (non-hydrogen) atoms. The van der Waals surface area contributed by atoms with Crippen molar-refractivity contribution in [1.29, 1.82) is 0 Å². The van der Waals surface area contributed by atoms with Crippen LogP contribution in [0.25, 0.3) is 0 Å². The number of rotatable bonds is 3. The fourth-order valence-electron chi connectivity index (χ4n) is 1.48. The van der Waals surface area contributed by atoms with Crippen molar-refractivity contribution in [2.24, 2.45) is 0 Å². The largest absolute Gasteiger partial charge is 0.381 e. The highest BCUT2D eigenvalue weighted by Crippen LogP contribution is 2.17. The van der Waals surface area contributed by atoms with E-state index in [9.17, 15) is 8.78 Å². The molecule has 0 radical (unpaired) electrons. The van der Waals surface area contributed by atoms with E-state index in [-0.39, 0.29) is 6.54 Å². The van der Waals surface area contributed by atoms with Gasteiger partial charge in [-0.15, -0.1) is 0 Å². The third-order valence-corrected chi connectivity index (χ3v) is 2.83. The molecule has 0 heterocycles. The maximum atomic E-state index is 13.4. The van der Waals surface area contributed by atoms with Gasteiger partial charge in [0.25, 0.3) is 0 Å². The summed E-state index contributed by atoms with van der Waals surface area (Å²) in [5.74, 6) is -1.62. The molecule has 0 aliphatic rings. The molecular formula is C13H10BrF2N. The molecule has 4 heteroatoms. The van der Waals surface area contributed by atoms with E-state index in [1.54, 1.807) is 6.07 Å². The maximum Gasteiger partial charge on any atom is 0.163 e. The van der Waals surface area contributed by atoms with Crippen molar-refractivity contribution in [2.45, 2.75) is 6.54 Å². The van der Waals surface area contributed by atoms with Crippen molar-refractivity contribution in [2.75, 3.05) is 5.32 Å². The van der Waals surface area contributed by atoms with Crippen LogP contribution in [0.4, 0.5) is 14.5 Å². The van der Waals surface area contributed by atoms with Gasteiger partial charge in [-0.05, 0) is 24.3 Å². The molecule has 1 nitrogen and oxygen atoms in total.